The molecule has 1 N–H and O–H groups in total. The fourth-order valence-corrected chi connectivity index (χ4v) is 1.04. The second-order valence-corrected chi connectivity index (χ2v) is 2.92. The Kier molecular flexibility index (Phi) is 4.67. The third kappa shape index (κ3) is 3.87. The summed E-state index contributed by atoms with van der Waals surface area (Å²) in [6.07, 6.45) is 3.26. The second-order valence-electron chi connectivity index (χ2n) is 2.92. The van der Waals surface area contributed by atoms with Crippen LogP contribution < -0.4 is 5.32 Å². The van der Waals surface area contributed by atoms with Gasteiger partial charge in [-0.25, -0.2) is 0 Å². The van der Waals surface area contributed by atoms with E-state index in [-0.39, 0.29) is 0 Å². The van der Waals surface area contributed by atoms with Gasteiger partial charge < -0.3 is 5.32 Å². The van der Waals surface area contributed by atoms with Gasteiger partial charge in [0.1, 0.15) is 0 Å². The fourth-order valence-electron chi connectivity index (χ4n) is 1.04. The third-order valence-corrected chi connectivity index (χ3v) is 1.83. The zero-order valence-corrected chi connectivity index (χ0v) is 8.07. The lowest BCUT2D eigenvalue weighted by atomic mass is 10.1. The summed E-state index contributed by atoms with van der Waals surface area (Å²) >= 11 is 0. The molecule has 0 radical (unpaired) electrons. The predicted octanol–water partition coefficient (Wildman–Crippen LogP) is 2.85. The molecule has 64 valence electrons. The molecule has 1 atom stereocenters. The maximum Gasteiger partial charge on any atom is 0.0465 e. The van der Waals surface area contributed by atoms with Gasteiger partial charge in [0.25, 0.3) is 0 Å². The summed E-state index contributed by atoms with van der Waals surface area (Å²) in [6, 6.07) is 0.470. The molecule has 0 aromatic heterocycles. The molecule has 1 heteroatoms. The van der Waals surface area contributed by atoms with Gasteiger partial charge in [-0.1, -0.05) is 25.2 Å². The van der Waals surface area contributed by atoms with Crippen LogP contribution in [-0.4, -0.2) is 6.04 Å². The van der Waals surface area contributed by atoms with Crippen LogP contribution in [0, 0.1) is 0 Å². The van der Waals surface area contributed by atoms with E-state index in [4.69, 9.17) is 0 Å². The average molecular weight is 153 g/mol. The van der Waals surface area contributed by atoms with Gasteiger partial charge >= 0.3 is 0 Å². The summed E-state index contributed by atoms with van der Waals surface area (Å²) < 4.78 is 0. The van der Waals surface area contributed by atoms with Gasteiger partial charge in [-0.15, -0.1) is 0 Å². The minimum Gasteiger partial charge on any atom is -0.383 e. The largest absolute Gasteiger partial charge is 0.383 e. The first-order valence-corrected chi connectivity index (χ1v) is 4.16. The molecular formula is C10H19N. The number of hydrogen-bond acceptors (Lipinski definition) is 1. The lowest BCUT2D eigenvalue weighted by Gasteiger charge is -2.18. The van der Waals surface area contributed by atoms with Gasteiger partial charge in [-0.3, -0.25) is 0 Å². The van der Waals surface area contributed by atoms with E-state index in [1.165, 1.54) is 5.57 Å². The average Bonchev–Trinajstić information content (AvgIpc) is 1.98. The molecule has 0 aliphatic rings. The van der Waals surface area contributed by atoms with Gasteiger partial charge in [0, 0.05) is 11.7 Å². The van der Waals surface area contributed by atoms with Crippen molar-refractivity contribution >= 4 is 0 Å². The lowest BCUT2D eigenvalue weighted by molar-refractivity contribution is 0.619. The van der Waals surface area contributed by atoms with Crippen LogP contribution in [0.15, 0.2) is 23.9 Å². The van der Waals surface area contributed by atoms with E-state index < -0.39 is 0 Å². The van der Waals surface area contributed by atoms with Crippen molar-refractivity contribution in [3.8, 4) is 0 Å². The summed E-state index contributed by atoms with van der Waals surface area (Å²) in [7, 11) is 0. The van der Waals surface area contributed by atoms with E-state index in [2.05, 4.69) is 38.7 Å². The van der Waals surface area contributed by atoms with Crippen LogP contribution in [0.3, 0.4) is 0 Å². The Morgan fingerprint density at radius 2 is 2.09 bits per heavy atom. The Bertz CT molecular complexity index is 156. The van der Waals surface area contributed by atoms with Crippen molar-refractivity contribution < 1.29 is 0 Å². The Morgan fingerprint density at radius 3 is 2.36 bits per heavy atom. The van der Waals surface area contributed by atoms with Crippen LogP contribution in [0.25, 0.3) is 0 Å². The molecule has 11 heavy (non-hydrogen) atoms. The first kappa shape index (κ1) is 10.3. The van der Waals surface area contributed by atoms with E-state index in [0.29, 0.717) is 6.04 Å². The van der Waals surface area contributed by atoms with Crippen LogP contribution in [0.4, 0.5) is 0 Å². The highest BCUT2D eigenvalue weighted by molar-refractivity contribution is 5.09. The zero-order valence-electron chi connectivity index (χ0n) is 8.07. The molecule has 0 fully saturated rings. The molecule has 0 heterocycles. The van der Waals surface area contributed by atoms with Crippen LogP contribution in [0.2, 0.25) is 0 Å². The quantitative estimate of drug-likeness (QED) is 0.612. The molecule has 0 amide bonds. The maximum atomic E-state index is 3.82. The highest BCUT2D eigenvalue weighted by Gasteiger charge is 2.04. The zero-order chi connectivity index (χ0) is 8.85. The van der Waals surface area contributed by atoms with Crippen LogP contribution in [0.5, 0.6) is 0 Å². The van der Waals surface area contributed by atoms with Crippen LogP contribution >= 0.6 is 0 Å². The Hall–Kier alpha value is -0.720. The second kappa shape index (κ2) is 5.00. The molecule has 0 bridgehead atoms. The van der Waals surface area contributed by atoms with Gasteiger partial charge in [0.15, 0.2) is 0 Å². The van der Waals surface area contributed by atoms with E-state index in [0.717, 1.165) is 12.1 Å². The molecule has 1 nitrogen and oxygen atoms in total. The first-order valence-electron chi connectivity index (χ1n) is 4.16. The van der Waals surface area contributed by atoms with Crippen molar-refractivity contribution in [1.82, 2.24) is 5.32 Å². The summed E-state index contributed by atoms with van der Waals surface area (Å²) in [5, 5.41) is 3.32. The van der Waals surface area contributed by atoms with E-state index >= 15 is 0 Å². The van der Waals surface area contributed by atoms with Crippen molar-refractivity contribution in [2.24, 2.45) is 0 Å². The lowest BCUT2D eigenvalue weighted by Crippen LogP contribution is -2.27. The third-order valence-electron chi connectivity index (χ3n) is 1.83. The molecule has 0 rings (SSSR count). The number of hydrogen-bond donors (Lipinski definition) is 1. The molecule has 0 saturated carbocycles. The Morgan fingerprint density at radius 1 is 1.55 bits per heavy atom. The number of nitrogens with one attached hydrogen (secondary N) is 1. The van der Waals surface area contributed by atoms with E-state index in [1.807, 2.05) is 6.92 Å². The predicted molar refractivity (Wildman–Crippen MR) is 51.5 cm³/mol. The Labute approximate surface area is 70.2 Å². The first-order chi connectivity index (χ1) is 5.11. The van der Waals surface area contributed by atoms with Crippen molar-refractivity contribution in [3.05, 3.63) is 23.9 Å². The van der Waals surface area contributed by atoms with Gasteiger partial charge in [-0.05, 0) is 27.2 Å². The highest BCUT2D eigenvalue weighted by atomic mass is 14.9. The molecule has 0 aromatic carbocycles. The fraction of sp³-hybridized carbons (Fsp3) is 0.600. The van der Waals surface area contributed by atoms with Gasteiger partial charge in [0.05, 0.1) is 0 Å². The molecule has 0 aromatic rings. The number of allylic oxidation sites excluding steroid dienone is 2. The summed E-state index contributed by atoms with van der Waals surface area (Å²) in [6.45, 7) is 12.2. The smallest absolute Gasteiger partial charge is 0.0465 e. The summed E-state index contributed by atoms with van der Waals surface area (Å²) in [5.74, 6) is 0. The molecular weight excluding hydrogens is 134 g/mol. The van der Waals surface area contributed by atoms with Crippen molar-refractivity contribution in [1.29, 1.82) is 0 Å². The molecule has 0 aliphatic carbocycles. The summed E-state index contributed by atoms with van der Waals surface area (Å²) in [5.41, 5.74) is 2.42. The normalized spacial score (nSPS) is 14.4. The van der Waals surface area contributed by atoms with Gasteiger partial charge in [0.2, 0.25) is 0 Å². The molecule has 0 saturated heterocycles. The monoisotopic (exact) mass is 153 g/mol. The topological polar surface area (TPSA) is 12.0 Å². The van der Waals surface area contributed by atoms with E-state index in [1.54, 1.807) is 0 Å². The van der Waals surface area contributed by atoms with E-state index in [9.17, 15) is 0 Å². The number of rotatable bonds is 4. The van der Waals surface area contributed by atoms with Crippen LogP contribution in [0.1, 0.15) is 34.1 Å². The molecule has 1 unspecified atom stereocenters. The minimum absolute atomic E-state index is 0.470. The minimum atomic E-state index is 0.470. The summed E-state index contributed by atoms with van der Waals surface area (Å²) in [4.78, 5) is 0. The highest BCUT2D eigenvalue weighted by Crippen LogP contribution is 2.06. The van der Waals surface area contributed by atoms with Crippen molar-refractivity contribution in [2.75, 3.05) is 0 Å². The SMILES string of the molecule is C=C(C)NC(CC)/C(C)=C\C. The van der Waals surface area contributed by atoms with Gasteiger partial charge in [-0.2, -0.15) is 0 Å². The van der Waals surface area contributed by atoms with Crippen molar-refractivity contribution in [2.45, 2.75) is 40.2 Å². The molecule has 0 spiro atoms. The standard InChI is InChI=1S/C10H19N/c1-6-9(5)10(7-2)11-8(3)4/h6,10-11H,3,7H2,1-2,4-5H3/b9-6-. The Balaban J connectivity index is 4.06. The molecule has 0 aliphatic heterocycles. The van der Waals surface area contributed by atoms with Crippen LogP contribution in [-0.2, 0) is 0 Å². The van der Waals surface area contributed by atoms with Crippen molar-refractivity contribution in [3.63, 3.8) is 0 Å². The maximum absolute atomic E-state index is 3.82.